The Balaban J connectivity index is 2.08. The topological polar surface area (TPSA) is 42.0 Å². The molecule has 1 aromatic heterocycles. The molecule has 0 aliphatic rings. The molecule has 1 atom stereocenters. The summed E-state index contributed by atoms with van der Waals surface area (Å²) in [4.78, 5) is 16.0. The van der Waals surface area contributed by atoms with Gasteiger partial charge < -0.3 is 5.32 Å². The number of nitrogens with zero attached hydrogens (tertiary/aromatic N) is 1. The Morgan fingerprint density at radius 1 is 1.28 bits per heavy atom. The molecule has 2 rings (SSSR count). The van der Waals surface area contributed by atoms with Crippen LogP contribution >= 0.6 is 15.9 Å². The van der Waals surface area contributed by atoms with Crippen molar-refractivity contribution in [2.75, 3.05) is 0 Å². The van der Waals surface area contributed by atoms with Gasteiger partial charge in [0.1, 0.15) is 4.60 Å². The Bertz CT molecular complexity index is 543. The summed E-state index contributed by atoms with van der Waals surface area (Å²) in [6, 6.07) is 13.2. The van der Waals surface area contributed by atoms with Gasteiger partial charge in [0.15, 0.2) is 0 Å². The fourth-order valence-corrected chi connectivity index (χ4v) is 2.01. The van der Waals surface area contributed by atoms with E-state index in [1.165, 1.54) is 0 Å². The summed E-state index contributed by atoms with van der Waals surface area (Å²) in [5, 5.41) is 2.95. The Kier molecular flexibility index (Phi) is 4.10. The smallest absolute Gasteiger partial charge is 0.251 e. The van der Waals surface area contributed by atoms with Gasteiger partial charge in [0, 0.05) is 11.8 Å². The Morgan fingerprint density at radius 3 is 2.67 bits per heavy atom. The summed E-state index contributed by atoms with van der Waals surface area (Å²) in [7, 11) is 0. The second-order valence-electron chi connectivity index (χ2n) is 3.97. The van der Waals surface area contributed by atoms with Crippen molar-refractivity contribution in [1.82, 2.24) is 10.3 Å². The van der Waals surface area contributed by atoms with Gasteiger partial charge >= 0.3 is 0 Å². The van der Waals surface area contributed by atoms with Crippen molar-refractivity contribution in [3.05, 3.63) is 64.4 Å². The van der Waals surface area contributed by atoms with E-state index < -0.39 is 0 Å². The van der Waals surface area contributed by atoms with Crippen LogP contribution in [0.3, 0.4) is 0 Å². The van der Waals surface area contributed by atoms with Crippen molar-refractivity contribution in [2.24, 2.45) is 0 Å². The number of hydrogen-bond donors (Lipinski definition) is 1. The summed E-state index contributed by atoms with van der Waals surface area (Å²) in [5.41, 5.74) is 1.68. The fourth-order valence-electron chi connectivity index (χ4n) is 1.65. The van der Waals surface area contributed by atoms with Gasteiger partial charge in [0.2, 0.25) is 0 Å². The van der Waals surface area contributed by atoms with Crippen LogP contribution in [0.15, 0.2) is 53.3 Å². The van der Waals surface area contributed by atoms with E-state index >= 15 is 0 Å². The van der Waals surface area contributed by atoms with Gasteiger partial charge in [-0.05, 0) is 40.5 Å². The van der Waals surface area contributed by atoms with Crippen LogP contribution in [0.2, 0.25) is 0 Å². The van der Waals surface area contributed by atoms with Crippen molar-refractivity contribution in [2.45, 2.75) is 13.0 Å². The molecule has 1 amide bonds. The largest absolute Gasteiger partial charge is 0.346 e. The molecule has 3 nitrogen and oxygen atoms in total. The number of amides is 1. The number of halogens is 1. The molecule has 0 spiro atoms. The van der Waals surface area contributed by atoms with Crippen LogP contribution in [0.5, 0.6) is 0 Å². The van der Waals surface area contributed by atoms with Crippen molar-refractivity contribution < 1.29 is 4.79 Å². The summed E-state index contributed by atoms with van der Waals surface area (Å²) >= 11 is 3.25. The van der Waals surface area contributed by atoms with E-state index in [0.717, 1.165) is 5.56 Å². The molecule has 0 radical (unpaired) electrons. The van der Waals surface area contributed by atoms with Crippen LogP contribution in [0.4, 0.5) is 0 Å². The zero-order valence-electron chi connectivity index (χ0n) is 9.93. The first kappa shape index (κ1) is 12.8. The third kappa shape index (κ3) is 3.17. The minimum absolute atomic E-state index is 0.0226. The predicted molar refractivity (Wildman–Crippen MR) is 74.3 cm³/mol. The zero-order valence-corrected chi connectivity index (χ0v) is 11.5. The third-order valence-electron chi connectivity index (χ3n) is 2.64. The molecule has 0 bridgehead atoms. The Morgan fingerprint density at radius 2 is 2.00 bits per heavy atom. The van der Waals surface area contributed by atoms with Gasteiger partial charge in [0.05, 0.1) is 6.04 Å². The van der Waals surface area contributed by atoms with E-state index in [1.807, 2.05) is 37.3 Å². The SMILES string of the molecule is C[C@@H](NC(=O)c1ccnc(Br)c1)c1ccccc1. The number of carbonyl (C=O) groups excluding carboxylic acids is 1. The maximum atomic E-state index is 12.0. The lowest BCUT2D eigenvalue weighted by molar-refractivity contribution is 0.0939. The lowest BCUT2D eigenvalue weighted by Gasteiger charge is -2.14. The first-order valence-corrected chi connectivity index (χ1v) is 6.43. The molecule has 0 fully saturated rings. The van der Waals surface area contributed by atoms with Gasteiger partial charge in [0.25, 0.3) is 5.91 Å². The average molecular weight is 305 g/mol. The molecule has 0 aliphatic heterocycles. The van der Waals surface area contributed by atoms with Gasteiger partial charge in [-0.15, -0.1) is 0 Å². The van der Waals surface area contributed by atoms with E-state index in [0.29, 0.717) is 10.2 Å². The minimum atomic E-state index is -0.102. The van der Waals surface area contributed by atoms with Gasteiger partial charge in [-0.25, -0.2) is 4.98 Å². The van der Waals surface area contributed by atoms with Gasteiger partial charge in [-0.1, -0.05) is 30.3 Å². The lowest BCUT2D eigenvalue weighted by atomic mass is 10.1. The van der Waals surface area contributed by atoms with Gasteiger partial charge in [-0.3, -0.25) is 4.79 Å². The highest BCUT2D eigenvalue weighted by atomic mass is 79.9. The van der Waals surface area contributed by atoms with Crippen LogP contribution in [-0.2, 0) is 0 Å². The molecule has 4 heteroatoms. The predicted octanol–water partition coefficient (Wildman–Crippen LogP) is 3.34. The van der Waals surface area contributed by atoms with Crippen LogP contribution in [0.25, 0.3) is 0 Å². The Labute approximate surface area is 114 Å². The van der Waals surface area contributed by atoms with Crippen molar-refractivity contribution in [1.29, 1.82) is 0 Å². The van der Waals surface area contributed by atoms with Crippen LogP contribution < -0.4 is 5.32 Å². The molecule has 0 unspecified atom stereocenters. The monoisotopic (exact) mass is 304 g/mol. The van der Waals surface area contributed by atoms with E-state index in [9.17, 15) is 4.79 Å². The molecule has 2 aromatic rings. The van der Waals surface area contributed by atoms with E-state index in [-0.39, 0.29) is 11.9 Å². The van der Waals surface area contributed by atoms with Crippen molar-refractivity contribution in [3.8, 4) is 0 Å². The first-order valence-electron chi connectivity index (χ1n) is 5.64. The molecule has 1 aromatic carbocycles. The van der Waals surface area contributed by atoms with E-state index in [4.69, 9.17) is 0 Å². The molecule has 0 saturated carbocycles. The van der Waals surface area contributed by atoms with E-state index in [2.05, 4.69) is 26.2 Å². The molecule has 0 aliphatic carbocycles. The molecule has 92 valence electrons. The lowest BCUT2D eigenvalue weighted by Crippen LogP contribution is -2.26. The van der Waals surface area contributed by atoms with Gasteiger partial charge in [-0.2, -0.15) is 0 Å². The first-order chi connectivity index (χ1) is 8.66. The number of benzene rings is 1. The number of carbonyl (C=O) groups is 1. The third-order valence-corrected chi connectivity index (χ3v) is 3.07. The number of nitrogens with one attached hydrogen (secondary N) is 1. The normalized spacial score (nSPS) is 11.9. The number of hydrogen-bond acceptors (Lipinski definition) is 2. The van der Waals surface area contributed by atoms with Crippen molar-refractivity contribution in [3.63, 3.8) is 0 Å². The second kappa shape index (κ2) is 5.78. The second-order valence-corrected chi connectivity index (χ2v) is 4.79. The molecular weight excluding hydrogens is 292 g/mol. The molecular formula is C14H13BrN2O. The summed E-state index contributed by atoms with van der Waals surface area (Å²) in [6.45, 7) is 1.96. The standard InChI is InChI=1S/C14H13BrN2O/c1-10(11-5-3-2-4-6-11)17-14(18)12-7-8-16-13(15)9-12/h2-10H,1H3,(H,17,18)/t10-/m1/s1. The maximum Gasteiger partial charge on any atom is 0.251 e. The van der Waals surface area contributed by atoms with Crippen molar-refractivity contribution >= 4 is 21.8 Å². The highest BCUT2D eigenvalue weighted by Gasteiger charge is 2.11. The average Bonchev–Trinajstić information content (AvgIpc) is 2.39. The highest BCUT2D eigenvalue weighted by molar-refractivity contribution is 9.10. The molecule has 1 N–H and O–H groups in total. The highest BCUT2D eigenvalue weighted by Crippen LogP contribution is 2.13. The van der Waals surface area contributed by atoms with Crippen LogP contribution in [-0.4, -0.2) is 10.9 Å². The summed E-state index contributed by atoms with van der Waals surface area (Å²) in [5.74, 6) is -0.102. The fraction of sp³-hybridized carbons (Fsp3) is 0.143. The number of rotatable bonds is 3. The summed E-state index contributed by atoms with van der Waals surface area (Å²) < 4.78 is 0.655. The molecule has 0 saturated heterocycles. The van der Waals surface area contributed by atoms with Crippen LogP contribution in [0.1, 0.15) is 28.9 Å². The minimum Gasteiger partial charge on any atom is -0.346 e. The molecule has 18 heavy (non-hydrogen) atoms. The number of aromatic nitrogens is 1. The molecule has 1 heterocycles. The maximum absolute atomic E-state index is 12.0. The summed E-state index contributed by atoms with van der Waals surface area (Å²) in [6.07, 6.45) is 1.60. The number of pyridine rings is 1. The quantitative estimate of drug-likeness (QED) is 0.884. The van der Waals surface area contributed by atoms with E-state index in [1.54, 1.807) is 18.3 Å². The zero-order chi connectivity index (χ0) is 13.0. The van der Waals surface area contributed by atoms with Crippen LogP contribution in [0, 0.1) is 0 Å². The Hall–Kier alpha value is -1.68.